The van der Waals surface area contributed by atoms with Crippen LogP contribution in [0.3, 0.4) is 0 Å². The van der Waals surface area contributed by atoms with Crippen LogP contribution in [-0.4, -0.2) is 64.0 Å². The Morgan fingerprint density at radius 3 is 2.30 bits per heavy atom. The van der Waals surface area contributed by atoms with Gasteiger partial charge in [0, 0.05) is 30.0 Å². The highest BCUT2D eigenvalue weighted by Gasteiger charge is 2.36. The van der Waals surface area contributed by atoms with Crippen molar-refractivity contribution in [3.8, 4) is 5.75 Å². The summed E-state index contributed by atoms with van der Waals surface area (Å²) in [4.78, 5) is 26.6. The van der Waals surface area contributed by atoms with Crippen molar-refractivity contribution in [2.75, 3.05) is 32.1 Å². The predicted octanol–water partition coefficient (Wildman–Crippen LogP) is 5.07. The number of nitrogens with one attached hydrogen (secondary N) is 2. The van der Waals surface area contributed by atoms with E-state index in [1.54, 1.807) is 45.2 Å². The van der Waals surface area contributed by atoms with Gasteiger partial charge < -0.3 is 34.9 Å². The number of halogens is 1. The molecule has 0 amide bonds. The molecule has 3 aromatic rings. The molecule has 228 valence electrons. The number of hydrogen-bond acceptors (Lipinski definition) is 9. The molecule has 2 aromatic carbocycles. The van der Waals surface area contributed by atoms with Gasteiger partial charge in [0.15, 0.2) is 0 Å². The fourth-order valence-electron chi connectivity index (χ4n) is 5.86. The van der Waals surface area contributed by atoms with Crippen LogP contribution in [0.1, 0.15) is 55.5 Å². The van der Waals surface area contributed by atoms with Crippen molar-refractivity contribution in [1.82, 2.24) is 20.4 Å². The standard InChI is InChI=1S/C31H35N5O6.ClH/c1-18-26(29(37)38)28(27(30(39)40)19(2)32-18)22-7-4-8-23(16-22)33-31-35-34-25(42-31)12-15-36-13-10-20(11-14-36)21-6-5-9-24(17-21)41-3;/h4-9,16-17,20,28,32H,10-15H2,1-3H3,(H,33,35)(H,37,38)(H,39,40);1H. The van der Waals surface area contributed by atoms with Gasteiger partial charge in [0.1, 0.15) is 5.75 Å². The quantitative estimate of drug-likeness (QED) is 0.244. The highest BCUT2D eigenvalue weighted by atomic mass is 35.5. The maximum Gasteiger partial charge on any atom is 0.334 e. The van der Waals surface area contributed by atoms with Gasteiger partial charge in [-0.25, -0.2) is 9.59 Å². The number of aromatic nitrogens is 2. The van der Waals surface area contributed by atoms with Crippen LogP contribution in [0.15, 0.2) is 75.5 Å². The van der Waals surface area contributed by atoms with E-state index >= 15 is 0 Å². The van der Waals surface area contributed by atoms with E-state index in [4.69, 9.17) is 9.15 Å². The summed E-state index contributed by atoms with van der Waals surface area (Å²) < 4.78 is 11.2. The molecule has 4 N–H and O–H groups in total. The molecule has 43 heavy (non-hydrogen) atoms. The fraction of sp³-hybridized carbons (Fsp3) is 0.355. The van der Waals surface area contributed by atoms with Crippen molar-refractivity contribution in [2.45, 2.75) is 44.9 Å². The molecule has 3 heterocycles. The third-order valence-electron chi connectivity index (χ3n) is 7.95. The lowest BCUT2D eigenvalue weighted by molar-refractivity contribution is -0.133. The number of benzene rings is 2. The van der Waals surface area contributed by atoms with E-state index in [0.717, 1.165) is 38.2 Å². The van der Waals surface area contributed by atoms with Gasteiger partial charge in [-0.05, 0) is 81.1 Å². The van der Waals surface area contributed by atoms with Gasteiger partial charge in [0.25, 0.3) is 0 Å². The average molecular weight is 610 g/mol. The number of piperidine rings is 1. The maximum atomic E-state index is 12.1. The number of likely N-dealkylation sites (tertiary alicyclic amines) is 1. The molecule has 0 spiro atoms. The largest absolute Gasteiger partial charge is 0.497 e. The number of carboxylic acid groups (broad SMARTS) is 2. The number of carboxylic acids is 2. The van der Waals surface area contributed by atoms with Crippen LogP contribution in [0.4, 0.5) is 11.7 Å². The Labute approximate surface area is 256 Å². The number of ether oxygens (including phenoxy) is 1. The highest BCUT2D eigenvalue weighted by Crippen LogP contribution is 2.39. The van der Waals surface area contributed by atoms with E-state index in [9.17, 15) is 19.8 Å². The molecule has 1 aromatic heterocycles. The van der Waals surface area contributed by atoms with Crippen LogP contribution < -0.4 is 15.4 Å². The first kappa shape index (κ1) is 31.6. The number of aliphatic carboxylic acids is 2. The molecule has 1 fully saturated rings. The molecule has 2 aliphatic heterocycles. The van der Waals surface area contributed by atoms with Crippen molar-refractivity contribution >= 4 is 36.0 Å². The number of dihydropyridines is 1. The second-order valence-corrected chi connectivity index (χ2v) is 10.6. The van der Waals surface area contributed by atoms with Gasteiger partial charge >= 0.3 is 18.0 Å². The monoisotopic (exact) mass is 609 g/mol. The van der Waals surface area contributed by atoms with E-state index in [-0.39, 0.29) is 29.6 Å². The zero-order chi connectivity index (χ0) is 29.8. The van der Waals surface area contributed by atoms with Crippen LogP contribution in [0, 0.1) is 0 Å². The lowest BCUT2D eigenvalue weighted by atomic mass is 9.80. The molecule has 0 bridgehead atoms. The maximum absolute atomic E-state index is 12.1. The minimum absolute atomic E-state index is 0. The molecule has 5 rings (SSSR count). The van der Waals surface area contributed by atoms with Crippen LogP contribution in [0.2, 0.25) is 0 Å². The summed E-state index contributed by atoms with van der Waals surface area (Å²) in [5, 5.41) is 34.1. The van der Waals surface area contributed by atoms with E-state index in [1.165, 1.54) is 5.56 Å². The van der Waals surface area contributed by atoms with Crippen molar-refractivity contribution in [2.24, 2.45) is 0 Å². The summed E-state index contributed by atoms with van der Waals surface area (Å²) in [6.07, 6.45) is 2.77. The molecule has 11 nitrogen and oxygen atoms in total. The van der Waals surface area contributed by atoms with Crippen LogP contribution in [-0.2, 0) is 16.0 Å². The van der Waals surface area contributed by atoms with E-state index in [1.807, 2.05) is 12.1 Å². The predicted molar refractivity (Wildman–Crippen MR) is 163 cm³/mol. The smallest absolute Gasteiger partial charge is 0.334 e. The van der Waals surface area contributed by atoms with Crippen LogP contribution >= 0.6 is 12.4 Å². The minimum atomic E-state index is -1.18. The summed E-state index contributed by atoms with van der Waals surface area (Å²) in [7, 11) is 1.69. The fourth-order valence-corrected chi connectivity index (χ4v) is 5.86. The number of methoxy groups -OCH3 is 1. The first-order valence-electron chi connectivity index (χ1n) is 13.9. The number of hydrogen-bond donors (Lipinski definition) is 4. The molecule has 0 unspecified atom stereocenters. The van der Waals surface area contributed by atoms with Crippen LogP contribution in [0.5, 0.6) is 5.75 Å². The molecule has 0 saturated carbocycles. The number of nitrogens with zero attached hydrogens (tertiary/aromatic N) is 3. The Balaban J connectivity index is 0.00000423. The summed E-state index contributed by atoms with van der Waals surface area (Å²) in [5.41, 5.74) is 3.20. The molecule has 12 heteroatoms. The number of anilines is 2. The average Bonchev–Trinajstić information content (AvgIpc) is 3.42. The summed E-state index contributed by atoms with van der Waals surface area (Å²) >= 11 is 0. The summed E-state index contributed by atoms with van der Waals surface area (Å²) in [5.74, 6) is -1.38. The van der Waals surface area contributed by atoms with Crippen molar-refractivity contribution in [3.63, 3.8) is 0 Å². The van der Waals surface area contributed by atoms with Gasteiger partial charge in [-0.3, -0.25) is 0 Å². The van der Waals surface area contributed by atoms with Crippen molar-refractivity contribution in [3.05, 3.63) is 88.1 Å². The van der Waals surface area contributed by atoms with Gasteiger partial charge in [0.05, 0.1) is 24.2 Å². The molecular formula is C31H36ClN5O6. The molecular weight excluding hydrogens is 574 g/mol. The minimum Gasteiger partial charge on any atom is -0.497 e. The van der Waals surface area contributed by atoms with E-state index in [2.05, 4.69) is 37.9 Å². The Kier molecular flexibility index (Phi) is 10.1. The molecule has 0 atom stereocenters. The zero-order valence-corrected chi connectivity index (χ0v) is 25.1. The molecule has 1 saturated heterocycles. The summed E-state index contributed by atoms with van der Waals surface area (Å²) in [6.45, 7) is 6.05. The summed E-state index contributed by atoms with van der Waals surface area (Å²) in [6, 6.07) is 15.4. The molecule has 2 aliphatic rings. The van der Waals surface area contributed by atoms with E-state index in [0.29, 0.717) is 40.9 Å². The molecule has 0 aliphatic carbocycles. The first-order chi connectivity index (χ1) is 20.2. The Morgan fingerprint density at radius 1 is 1.00 bits per heavy atom. The second kappa shape index (κ2) is 13.7. The highest BCUT2D eigenvalue weighted by molar-refractivity contribution is 5.98. The number of carbonyl (C=O) groups is 2. The normalized spacial score (nSPS) is 16.4. The number of rotatable bonds is 10. The lowest BCUT2D eigenvalue weighted by Gasteiger charge is -2.32. The third-order valence-corrected chi connectivity index (χ3v) is 7.95. The Morgan fingerprint density at radius 2 is 1.65 bits per heavy atom. The Bertz CT molecular complexity index is 1510. The van der Waals surface area contributed by atoms with Crippen molar-refractivity contribution < 1.29 is 29.0 Å². The molecule has 0 radical (unpaired) electrons. The number of allylic oxidation sites excluding steroid dienone is 2. The van der Waals surface area contributed by atoms with E-state index < -0.39 is 17.9 Å². The van der Waals surface area contributed by atoms with Crippen LogP contribution in [0.25, 0.3) is 0 Å². The van der Waals surface area contributed by atoms with Gasteiger partial charge in [0.2, 0.25) is 5.89 Å². The van der Waals surface area contributed by atoms with Gasteiger partial charge in [-0.2, -0.15) is 0 Å². The van der Waals surface area contributed by atoms with Crippen molar-refractivity contribution in [1.29, 1.82) is 0 Å². The second-order valence-electron chi connectivity index (χ2n) is 10.6. The topological polar surface area (TPSA) is 150 Å². The van der Waals surface area contributed by atoms with Gasteiger partial charge in [-0.15, -0.1) is 17.5 Å². The Hall–Kier alpha value is -4.35. The SMILES string of the molecule is COc1cccc(C2CCN(CCc3nnc(Nc4cccc(C5C(C(=O)O)=C(C)NC(C)=C5C(=O)O)c4)o3)CC2)c1.Cl. The first-order valence-corrected chi connectivity index (χ1v) is 13.9. The third kappa shape index (κ3) is 7.18. The van der Waals surface area contributed by atoms with Gasteiger partial charge in [-0.1, -0.05) is 29.4 Å². The lowest BCUT2D eigenvalue weighted by Crippen LogP contribution is -2.34. The zero-order valence-electron chi connectivity index (χ0n) is 24.3.